The number of amides is 2. The van der Waals surface area contributed by atoms with Gasteiger partial charge >= 0.3 is 0 Å². The SMILES string of the molecule is CCN1CCN(Cc2c(-c3ccccc3)nc3ccccc3c2C(=O)N[C@@H](C)C2CCCCC2)CC1.NC=O. The van der Waals surface area contributed by atoms with Gasteiger partial charge in [-0.2, -0.15) is 0 Å². The van der Waals surface area contributed by atoms with Crippen molar-refractivity contribution in [3.63, 3.8) is 0 Å². The molecule has 208 valence electrons. The predicted molar refractivity (Wildman–Crippen MR) is 158 cm³/mol. The lowest BCUT2D eigenvalue weighted by molar-refractivity contribution is -0.106. The second-order valence-electron chi connectivity index (χ2n) is 10.7. The third kappa shape index (κ3) is 7.22. The van der Waals surface area contributed by atoms with E-state index >= 15 is 0 Å². The number of fused-ring (bicyclic) bond motifs is 1. The Morgan fingerprint density at radius 1 is 1.00 bits per heavy atom. The predicted octanol–water partition coefficient (Wildman–Crippen LogP) is 4.84. The number of carbonyl (C=O) groups is 2. The van der Waals surface area contributed by atoms with E-state index in [1.807, 2.05) is 24.3 Å². The molecule has 1 saturated heterocycles. The standard InChI is InChI=1S/C31H40N4O.CH3NO/c1-3-34-18-20-35(21-19-34)22-27-29(31(36)32-23(2)24-12-6-4-7-13-24)26-16-10-11-17-28(26)33-30(27)25-14-8-5-9-15-25;2-1-3/h5,8-11,14-17,23-24H,3-4,6-7,12-13,18-22H2,1-2H3,(H,32,36);1H,(H2,2,3)/t23-;/m0./s1. The van der Waals surface area contributed by atoms with E-state index in [-0.39, 0.29) is 18.4 Å². The van der Waals surface area contributed by atoms with Crippen LogP contribution in [0.15, 0.2) is 54.6 Å². The molecule has 1 aliphatic carbocycles. The molecule has 0 spiro atoms. The van der Waals surface area contributed by atoms with Gasteiger partial charge in [0.25, 0.3) is 5.91 Å². The van der Waals surface area contributed by atoms with Crippen molar-refractivity contribution in [1.82, 2.24) is 20.1 Å². The van der Waals surface area contributed by atoms with Crippen LogP contribution in [-0.4, -0.2) is 65.9 Å². The maximum atomic E-state index is 14.1. The van der Waals surface area contributed by atoms with Gasteiger partial charge in [-0.25, -0.2) is 4.98 Å². The smallest absolute Gasteiger partial charge is 0.252 e. The molecule has 0 bridgehead atoms. The van der Waals surface area contributed by atoms with E-state index in [4.69, 9.17) is 9.78 Å². The summed E-state index contributed by atoms with van der Waals surface area (Å²) in [6.07, 6.45) is 6.54. The van der Waals surface area contributed by atoms with Gasteiger partial charge in [-0.3, -0.25) is 14.5 Å². The first-order valence-electron chi connectivity index (χ1n) is 14.4. The topological polar surface area (TPSA) is 91.6 Å². The number of hydrogen-bond donors (Lipinski definition) is 2. The Bertz CT molecular complexity index is 1220. The third-order valence-corrected chi connectivity index (χ3v) is 8.28. The fraction of sp³-hybridized carbons (Fsp3) is 0.469. The van der Waals surface area contributed by atoms with Gasteiger partial charge in [0.15, 0.2) is 0 Å². The number of carbonyl (C=O) groups excluding carboxylic acids is 2. The van der Waals surface area contributed by atoms with Crippen LogP contribution < -0.4 is 11.1 Å². The molecule has 2 aliphatic rings. The summed E-state index contributed by atoms with van der Waals surface area (Å²) in [4.78, 5) is 32.8. The lowest BCUT2D eigenvalue weighted by atomic mass is 9.84. The fourth-order valence-corrected chi connectivity index (χ4v) is 6.02. The van der Waals surface area contributed by atoms with Crippen molar-refractivity contribution in [2.75, 3.05) is 32.7 Å². The number of nitrogens with one attached hydrogen (secondary N) is 1. The highest BCUT2D eigenvalue weighted by Gasteiger charge is 2.27. The van der Waals surface area contributed by atoms with Gasteiger partial charge in [0.1, 0.15) is 0 Å². The molecule has 1 atom stereocenters. The molecule has 2 aromatic carbocycles. The van der Waals surface area contributed by atoms with Crippen LogP contribution in [0.25, 0.3) is 22.2 Å². The molecule has 1 saturated carbocycles. The van der Waals surface area contributed by atoms with Gasteiger partial charge in [0.05, 0.1) is 16.8 Å². The fourth-order valence-electron chi connectivity index (χ4n) is 6.02. The van der Waals surface area contributed by atoms with Gasteiger partial charge in [0.2, 0.25) is 6.41 Å². The molecule has 3 N–H and O–H groups in total. The van der Waals surface area contributed by atoms with E-state index in [9.17, 15) is 4.79 Å². The Balaban J connectivity index is 0.00000112. The average Bonchev–Trinajstić information content (AvgIpc) is 2.98. The summed E-state index contributed by atoms with van der Waals surface area (Å²) in [5, 5.41) is 4.39. The van der Waals surface area contributed by atoms with E-state index in [2.05, 4.69) is 65.0 Å². The highest BCUT2D eigenvalue weighted by Crippen LogP contribution is 2.32. The Labute approximate surface area is 232 Å². The molecular weight excluding hydrogens is 486 g/mol. The number of pyridine rings is 1. The zero-order valence-electron chi connectivity index (χ0n) is 23.4. The van der Waals surface area contributed by atoms with Crippen LogP contribution in [-0.2, 0) is 11.3 Å². The van der Waals surface area contributed by atoms with Crippen LogP contribution in [0, 0.1) is 5.92 Å². The minimum atomic E-state index is 0.0473. The maximum Gasteiger partial charge on any atom is 0.252 e. The molecule has 7 heteroatoms. The van der Waals surface area contributed by atoms with Crippen molar-refractivity contribution < 1.29 is 9.59 Å². The number of aromatic nitrogens is 1. The van der Waals surface area contributed by atoms with Gasteiger partial charge in [-0.15, -0.1) is 0 Å². The Morgan fingerprint density at radius 2 is 1.62 bits per heavy atom. The lowest BCUT2D eigenvalue weighted by Gasteiger charge is -2.35. The minimum Gasteiger partial charge on any atom is -0.372 e. The second-order valence-corrected chi connectivity index (χ2v) is 10.7. The monoisotopic (exact) mass is 529 g/mol. The van der Waals surface area contributed by atoms with E-state index < -0.39 is 0 Å². The molecule has 2 heterocycles. The Morgan fingerprint density at radius 3 is 2.28 bits per heavy atom. The van der Waals surface area contributed by atoms with E-state index in [0.29, 0.717) is 5.92 Å². The van der Waals surface area contributed by atoms with Crippen LogP contribution in [0.3, 0.4) is 0 Å². The van der Waals surface area contributed by atoms with Crippen molar-refractivity contribution in [2.24, 2.45) is 11.7 Å². The highest BCUT2D eigenvalue weighted by atomic mass is 16.1. The third-order valence-electron chi connectivity index (χ3n) is 8.28. The summed E-state index contributed by atoms with van der Waals surface area (Å²) in [6, 6.07) is 18.7. The van der Waals surface area contributed by atoms with Crippen LogP contribution in [0.2, 0.25) is 0 Å². The number of likely N-dealkylation sites (N-methyl/N-ethyl adjacent to an activating group) is 1. The number of primary amides is 1. The number of para-hydroxylation sites is 1. The Kier molecular flexibility index (Phi) is 10.5. The highest BCUT2D eigenvalue weighted by molar-refractivity contribution is 6.09. The zero-order valence-corrected chi connectivity index (χ0v) is 23.4. The van der Waals surface area contributed by atoms with Crippen molar-refractivity contribution in [2.45, 2.75) is 58.5 Å². The van der Waals surface area contributed by atoms with Crippen molar-refractivity contribution in [3.05, 3.63) is 65.7 Å². The van der Waals surface area contributed by atoms with Crippen LogP contribution in [0.5, 0.6) is 0 Å². The minimum absolute atomic E-state index is 0.0473. The molecular formula is C32H43N5O2. The maximum absolute atomic E-state index is 14.1. The molecule has 1 aliphatic heterocycles. The molecule has 39 heavy (non-hydrogen) atoms. The van der Waals surface area contributed by atoms with Crippen LogP contribution in [0.1, 0.15) is 61.9 Å². The van der Waals surface area contributed by atoms with Crippen molar-refractivity contribution in [1.29, 1.82) is 0 Å². The number of piperazine rings is 1. The quantitative estimate of drug-likeness (QED) is 0.428. The molecule has 3 aromatic rings. The van der Waals surface area contributed by atoms with Crippen molar-refractivity contribution in [3.8, 4) is 11.3 Å². The van der Waals surface area contributed by atoms with E-state index in [0.717, 1.165) is 72.6 Å². The van der Waals surface area contributed by atoms with Crippen LogP contribution >= 0.6 is 0 Å². The van der Waals surface area contributed by atoms with Gasteiger partial charge in [-0.1, -0.05) is 74.7 Å². The lowest BCUT2D eigenvalue weighted by Crippen LogP contribution is -2.46. The first kappa shape index (κ1) is 28.7. The summed E-state index contributed by atoms with van der Waals surface area (Å²) < 4.78 is 0. The first-order chi connectivity index (χ1) is 19.0. The number of rotatable bonds is 7. The van der Waals surface area contributed by atoms with Gasteiger partial charge in [0, 0.05) is 55.3 Å². The average molecular weight is 530 g/mol. The number of nitrogens with zero attached hydrogens (tertiary/aromatic N) is 3. The molecule has 1 aromatic heterocycles. The summed E-state index contributed by atoms with van der Waals surface area (Å²) in [6.45, 7) is 10.4. The van der Waals surface area contributed by atoms with Gasteiger partial charge < -0.3 is 16.0 Å². The number of benzene rings is 2. The van der Waals surface area contributed by atoms with Gasteiger partial charge in [-0.05, 0) is 38.3 Å². The van der Waals surface area contributed by atoms with Crippen LogP contribution in [0.4, 0.5) is 0 Å². The molecule has 0 unspecified atom stereocenters. The Hall–Kier alpha value is -3.29. The molecule has 5 rings (SSSR count). The molecule has 7 nitrogen and oxygen atoms in total. The summed E-state index contributed by atoms with van der Waals surface area (Å²) in [5.74, 6) is 0.612. The zero-order chi connectivity index (χ0) is 27.6. The number of nitrogens with two attached hydrogens (primary N) is 1. The summed E-state index contributed by atoms with van der Waals surface area (Å²) >= 11 is 0. The number of hydrogen-bond acceptors (Lipinski definition) is 5. The van der Waals surface area contributed by atoms with Crippen molar-refractivity contribution >= 4 is 23.2 Å². The van der Waals surface area contributed by atoms with E-state index in [1.165, 1.54) is 32.1 Å². The largest absolute Gasteiger partial charge is 0.372 e. The summed E-state index contributed by atoms with van der Waals surface area (Å²) in [7, 11) is 0. The molecule has 0 radical (unpaired) electrons. The molecule has 2 fully saturated rings. The van der Waals surface area contributed by atoms with E-state index in [1.54, 1.807) is 0 Å². The molecule has 2 amide bonds. The second kappa shape index (κ2) is 14.2. The first-order valence-corrected chi connectivity index (χ1v) is 14.4. The normalized spacial score (nSPS) is 17.7. The summed E-state index contributed by atoms with van der Waals surface area (Å²) in [5.41, 5.74) is 8.91.